The second-order valence-corrected chi connectivity index (χ2v) is 5.53. The maximum absolute atomic E-state index is 14.4. The molecule has 3 aromatic heterocycles. The van der Waals surface area contributed by atoms with Gasteiger partial charge in [-0.25, -0.2) is 13.9 Å². The Balaban J connectivity index is 1.77. The first-order valence-electron chi connectivity index (χ1n) is 7.54. The van der Waals surface area contributed by atoms with Crippen molar-refractivity contribution in [3.63, 3.8) is 0 Å². The normalized spacial score (nSPS) is 11.2. The van der Waals surface area contributed by atoms with Crippen molar-refractivity contribution in [3.8, 4) is 0 Å². The minimum Gasteiger partial charge on any atom is -0.303 e. The Morgan fingerprint density at radius 1 is 1.17 bits per heavy atom. The molecule has 0 radical (unpaired) electrons. The summed E-state index contributed by atoms with van der Waals surface area (Å²) in [6, 6.07) is 10.5. The predicted octanol–water partition coefficient (Wildman–Crippen LogP) is 2.75. The summed E-state index contributed by atoms with van der Waals surface area (Å²) < 4.78 is 16.0. The number of halogens is 1. The number of nitrogens with zero attached hydrogens (tertiary/aromatic N) is 4. The molecule has 0 N–H and O–H groups in total. The summed E-state index contributed by atoms with van der Waals surface area (Å²) in [7, 11) is 0. The molecule has 4 aromatic rings. The summed E-state index contributed by atoms with van der Waals surface area (Å²) in [6.07, 6.45) is 4.73. The number of imidazole rings is 1. The van der Waals surface area contributed by atoms with Crippen LogP contribution < -0.4 is 0 Å². The highest BCUT2D eigenvalue weighted by atomic mass is 19.1. The third kappa shape index (κ3) is 2.52. The third-order valence-corrected chi connectivity index (χ3v) is 3.92. The molecule has 3 heterocycles. The fraction of sp³-hybridized carbons (Fsp3) is 0.111. The number of benzene rings is 1. The molecule has 24 heavy (non-hydrogen) atoms. The minimum atomic E-state index is -0.305. The van der Waals surface area contributed by atoms with Crippen molar-refractivity contribution in [2.24, 2.45) is 0 Å². The van der Waals surface area contributed by atoms with Crippen molar-refractivity contribution in [2.75, 3.05) is 0 Å². The van der Waals surface area contributed by atoms with E-state index in [1.165, 1.54) is 6.07 Å². The maximum Gasteiger partial charge on any atom is 0.153 e. The van der Waals surface area contributed by atoms with Crippen LogP contribution in [0.15, 0.2) is 48.8 Å². The van der Waals surface area contributed by atoms with Gasteiger partial charge in [0.15, 0.2) is 5.65 Å². The molecule has 0 unspecified atom stereocenters. The Bertz CT molecular complexity index is 1060. The maximum atomic E-state index is 14.4. The number of carbonyl (C=O) groups excluding carboxylic acids is 1. The van der Waals surface area contributed by atoms with E-state index in [4.69, 9.17) is 0 Å². The highest BCUT2D eigenvalue weighted by molar-refractivity contribution is 5.79. The van der Waals surface area contributed by atoms with Crippen molar-refractivity contribution in [1.29, 1.82) is 0 Å². The highest BCUT2D eigenvalue weighted by Gasteiger charge is 2.11. The van der Waals surface area contributed by atoms with Crippen LogP contribution in [0.2, 0.25) is 0 Å². The number of aromatic nitrogens is 4. The van der Waals surface area contributed by atoms with E-state index in [-0.39, 0.29) is 12.2 Å². The Kier molecular flexibility index (Phi) is 3.49. The summed E-state index contributed by atoms with van der Waals surface area (Å²) in [5, 5.41) is 5.29. The van der Waals surface area contributed by atoms with E-state index in [1.807, 2.05) is 12.1 Å². The highest BCUT2D eigenvalue weighted by Crippen LogP contribution is 2.20. The summed E-state index contributed by atoms with van der Waals surface area (Å²) in [5.41, 5.74) is 3.27. The van der Waals surface area contributed by atoms with E-state index in [9.17, 15) is 9.18 Å². The van der Waals surface area contributed by atoms with Crippen LogP contribution in [0.25, 0.3) is 16.6 Å². The van der Waals surface area contributed by atoms with Gasteiger partial charge in [0.05, 0.1) is 23.1 Å². The molecule has 0 spiro atoms. The van der Waals surface area contributed by atoms with Crippen LogP contribution in [-0.2, 0) is 17.6 Å². The number of pyridine rings is 1. The molecule has 0 atom stereocenters. The van der Waals surface area contributed by atoms with Crippen LogP contribution in [0.4, 0.5) is 4.39 Å². The molecule has 5 nitrogen and oxygen atoms in total. The van der Waals surface area contributed by atoms with Gasteiger partial charge in [-0.2, -0.15) is 5.10 Å². The van der Waals surface area contributed by atoms with Gasteiger partial charge in [-0.15, -0.1) is 0 Å². The largest absolute Gasteiger partial charge is 0.303 e. The molecule has 0 fully saturated rings. The van der Waals surface area contributed by atoms with Crippen molar-refractivity contribution < 1.29 is 9.18 Å². The fourth-order valence-corrected chi connectivity index (χ4v) is 2.75. The molecule has 0 aliphatic heterocycles. The van der Waals surface area contributed by atoms with E-state index in [1.54, 1.807) is 35.1 Å². The van der Waals surface area contributed by atoms with Crippen LogP contribution in [-0.4, -0.2) is 25.9 Å². The van der Waals surface area contributed by atoms with Crippen LogP contribution in [0.1, 0.15) is 17.0 Å². The standard InChI is InChI=1S/C18H13FN4O/c19-16-10-17-12(2-1-6-20-17)8-13(16)9-15-11-21-18-4-3-14(5-7-24)22-23(15)18/h1-4,6-8,10-11H,5,9H2. The van der Waals surface area contributed by atoms with E-state index < -0.39 is 0 Å². The molecular formula is C18H13FN4O. The molecule has 6 heteroatoms. The predicted molar refractivity (Wildman–Crippen MR) is 87.3 cm³/mol. The molecule has 0 saturated heterocycles. The van der Waals surface area contributed by atoms with Gasteiger partial charge in [-0.1, -0.05) is 6.07 Å². The van der Waals surface area contributed by atoms with Gasteiger partial charge in [-0.3, -0.25) is 4.98 Å². The number of rotatable bonds is 4. The number of hydrogen-bond acceptors (Lipinski definition) is 4. The average molecular weight is 320 g/mol. The van der Waals surface area contributed by atoms with Crippen LogP contribution in [0, 0.1) is 5.82 Å². The lowest BCUT2D eigenvalue weighted by atomic mass is 10.1. The number of carbonyl (C=O) groups is 1. The Morgan fingerprint density at radius 3 is 2.96 bits per heavy atom. The van der Waals surface area contributed by atoms with Gasteiger partial charge in [0, 0.05) is 30.5 Å². The van der Waals surface area contributed by atoms with E-state index in [0.717, 1.165) is 17.4 Å². The number of hydrogen-bond donors (Lipinski definition) is 0. The summed E-state index contributed by atoms with van der Waals surface area (Å²) >= 11 is 0. The van der Waals surface area contributed by atoms with Crippen molar-refractivity contribution in [2.45, 2.75) is 12.8 Å². The zero-order valence-electron chi connectivity index (χ0n) is 12.7. The zero-order chi connectivity index (χ0) is 16.5. The first kappa shape index (κ1) is 14.4. The molecule has 4 rings (SSSR count). The van der Waals surface area contributed by atoms with E-state index in [2.05, 4.69) is 15.1 Å². The first-order chi connectivity index (χ1) is 11.7. The number of aldehydes is 1. The second kappa shape index (κ2) is 5.81. The van der Waals surface area contributed by atoms with Crippen LogP contribution in [0.5, 0.6) is 0 Å². The van der Waals surface area contributed by atoms with E-state index >= 15 is 0 Å². The van der Waals surface area contributed by atoms with Gasteiger partial charge >= 0.3 is 0 Å². The fourth-order valence-electron chi connectivity index (χ4n) is 2.75. The zero-order valence-corrected chi connectivity index (χ0v) is 12.7. The van der Waals surface area contributed by atoms with Gasteiger partial charge in [0.1, 0.15) is 12.1 Å². The van der Waals surface area contributed by atoms with E-state index in [0.29, 0.717) is 28.8 Å². The van der Waals surface area contributed by atoms with Crippen LogP contribution in [0.3, 0.4) is 0 Å². The second-order valence-electron chi connectivity index (χ2n) is 5.53. The first-order valence-corrected chi connectivity index (χ1v) is 7.54. The number of fused-ring (bicyclic) bond motifs is 2. The Morgan fingerprint density at radius 2 is 2.08 bits per heavy atom. The van der Waals surface area contributed by atoms with Crippen LogP contribution >= 0.6 is 0 Å². The van der Waals surface area contributed by atoms with Crippen molar-refractivity contribution in [1.82, 2.24) is 19.6 Å². The lowest BCUT2D eigenvalue weighted by Crippen LogP contribution is -2.03. The molecule has 0 aliphatic carbocycles. The monoisotopic (exact) mass is 320 g/mol. The topological polar surface area (TPSA) is 60.2 Å². The Hall–Kier alpha value is -3.15. The SMILES string of the molecule is O=CCc1ccc2ncc(Cc3cc4cccnc4cc3F)n2n1. The van der Waals surface area contributed by atoms with Gasteiger partial charge in [0.25, 0.3) is 0 Å². The average Bonchev–Trinajstić information content (AvgIpc) is 2.98. The smallest absolute Gasteiger partial charge is 0.153 e. The molecule has 1 aromatic carbocycles. The van der Waals surface area contributed by atoms with Gasteiger partial charge in [0.2, 0.25) is 0 Å². The summed E-state index contributed by atoms with van der Waals surface area (Å²) in [4.78, 5) is 19.1. The lowest BCUT2D eigenvalue weighted by molar-refractivity contribution is -0.107. The molecule has 0 bridgehead atoms. The minimum absolute atomic E-state index is 0.240. The third-order valence-electron chi connectivity index (χ3n) is 3.92. The molecule has 0 aliphatic rings. The lowest BCUT2D eigenvalue weighted by Gasteiger charge is -2.06. The molecular weight excluding hydrogens is 307 g/mol. The molecule has 0 saturated carbocycles. The molecule has 118 valence electrons. The van der Waals surface area contributed by atoms with Crippen molar-refractivity contribution in [3.05, 3.63) is 71.6 Å². The summed E-state index contributed by atoms with van der Waals surface area (Å²) in [5.74, 6) is -0.305. The van der Waals surface area contributed by atoms with Crippen molar-refractivity contribution >= 4 is 22.8 Å². The molecule has 0 amide bonds. The Labute approximate surface area is 136 Å². The quantitative estimate of drug-likeness (QED) is 0.543. The summed E-state index contributed by atoms with van der Waals surface area (Å²) in [6.45, 7) is 0. The van der Waals surface area contributed by atoms with Gasteiger partial charge < -0.3 is 4.79 Å². The van der Waals surface area contributed by atoms with Gasteiger partial charge in [-0.05, 0) is 29.8 Å².